The van der Waals surface area contributed by atoms with Crippen molar-refractivity contribution in [2.45, 2.75) is 11.3 Å². The monoisotopic (exact) mass is 245 g/mol. The maximum Gasteiger partial charge on any atom is 0.0533 e. The molecule has 0 aliphatic rings. The van der Waals surface area contributed by atoms with E-state index in [-0.39, 0.29) is 0 Å². The molecular formula is C14H15NOS. The molecule has 0 spiro atoms. The molecule has 3 heteroatoms. The van der Waals surface area contributed by atoms with E-state index >= 15 is 0 Å². The SMILES string of the molecule is Nc1cccc(S(=O)CCc2ccccc2)c1. The molecule has 2 rings (SSSR count). The van der Waals surface area contributed by atoms with Crippen molar-refractivity contribution >= 4 is 16.5 Å². The van der Waals surface area contributed by atoms with Crippen molar-refractivity contribution in [2.24, 2.45) is 0 Å². The summed E-state index contributed by atoms with van der Waals surface area (Å²) in [4.78, 5) is 0.806. The van der Waals surface area contributed by atoms with Crippen LogP contribution in [0.15, 0.2) is 59.5 Å². The first kappa shape index (κ1) is 11.9. The molecule has 0 saturated heterocycles. The molecule has 2 N–H and O–H groups in total. The molecule has 0 radical (unpaired) electrons. The number of rotatable bonds is 4. The van der Waals surface area contributed by atoms with E-state index in [1.165, 1.54) is 5.56 Å². The second-order valence-corrected chi connectivity index (χ2v) is 5.43. The fourth-order valence-corrected chi connectivity index (χ4v) is 2.78. The summed E-state index contributed by atoms with van der Waals surface area (Å²) in [5.74, 6) is 0.632. The van der Waals surface area contributed by atoms with Gasteiger partial charge in [-0.3, -0.25) is 4.21 Å². The summed E-state index contributed by atoms with van der Waals surface area (Å²) in [6.07, 6.45) is 0.822. The third-order valence-corrected chi connectivity index (χ3v) is 3.89. The lowest BCUT2D eigenvalue weighted by Crippen LogP contribution is -2.02. The molecule has 0 aliphatic heterocycles. The van der Waals surface area contributed by atoms with Crippen LogP contribution in [0.3, 0.4) is 0 Å². The third-order valence-electron chi connectivity index (χ3n) is 2.54. The quantitative estimate of drug-likeness (QED) is 0.841. The van der Waals surface area contributed by atoms with Gasteiger partial charge in [0.1, 0.15) is 0 Å². The lowest BCUT2D eigenvalue weighted by Gasteiger charge is -2.03. The van der Waals surface area contributed by atoms with E-state index in [2.05, 4.69) is 12.1 Å². The highest BCUT2D eigenvalue weighted by Gasteiger charge is 2.04. The molecule has 0 bridgehead atoms. The van der Waals surface area contributed by atoms with Crippen LogP contribution in [0.1, 0.15) is 5.56 Å². The van der Waals surface area contributed by atoms with Gasteiger partial charge in [0.05, 0.1) is 10.8 Å². The van der Waals surface area contributed by atoms with E-state index in [1.54, 1.807) is 12.1 Å². The second-order valence-electron chi connectivity index (χ2n) is 3.86. The number of anilines is 1. The fraction of sp³-hybridized carbons (Fsp3) is 0.143. The number of hydrogen-bond acceptors (Lipinski definition) is 2. The highest BCUT2D eigenvalue weighted by Crippen LogP contribution is 2.12. The largest absolute Gasteiger partial charge is 0.399 e. The molecule has 0 amide bonds. The Balaban J connectivity index is 1.98. The van der Waals surface area contributed by atoms with Gasteiger partial charge in [-0.05, 0) is 30.2 Å². The van der Waals surface area contributed by atoms with Gasteiger partial charge in [0, 0.05) is 16.3 Å². The predicted octanol–water partition coefficient (Wildman–Crippen LogP) is 2.62. The minimum Gasteiger partial charge on any atom is -0.399 e. The van der Waals surface area contributed by atoms with E-state index in [1.807, 2.05) is 30.3 Å². The van der Waals surface area contributed by atoms with Crippen molar-refractivity contribution in [1.82, 2.24) is 0 Å². The van der Waals surface area contributed by atoms with Crippen molar-refractivity contribution in [3.05, 3.63) is 60.2 Å². The zero-order valence-electron chi connectivity index (χ0n) is 9.50. The van der Waals surface area contributed by atoms with E-state index < -0.39 is 10.8 Å². The van der Waals surface area contributed by atoms with Gasteiger partial charge < -0.3 is 5.73 Å². The van der Waals surface area contributed by atoms with Crippen molar-refractivity contribution < 1.29 is 4.21 Å². The standard InChI is InChI=1S/C14H15NOS/c15-13-7-4-8-14(11-13)17(16)10-9-12-5-2-1-3-6-12/h1-8,11H,9-10,15H2. The van der Waals surface area contributed by atoms with Gasteiger partial charge in [0.2, 0.25) is 0 Å². The first-order valence-corrected chi connectivity index (χ1v) is 6.85. The molecule has 0 aromatic heterocycles. The van der Waals surface area contributed by atoms with Crippen LogP contribution in [-0.4, -0.2) is 9.96 Å². The van der Waals surface area contributed by atoms with E-state index in [4.69, 9.17) is 5.73 Å². The van der Waals surface area contributed by atoms with Crippen LogP contribution in [0.5, 0.6) is 0 Å². The van der Waals surface area contributed by atoms with Gasteiger partial charge in [0.15, 0.2) is 0 Å². The van der Waals surface area contributed by atoms with E-state index in [0.717, 1.165) is 11.3 Å². The van der Waals surface area contributed by atoms with Crippen molar-refractivity contribution in [3.63, 3.8) is 0 Å². The van der Waals surface area contributed by atoms with Crippen LogP contribution in [0, 0.1) is 0 Å². The van der Waals surface area contributed by atoms with Gasteiger partial charge in [-0.15, -0.1) is 0 Å². The number of hydrogen-bond donors (Lipinski definition) is 1. The minimum atomic E-state index is -0.974. The predicted molar refractivity (Wildman–Crippen MR) is 72.3 cm³/mol. The van der Waals surface area contributed by atoms with Gasteiger partial charge in [-0.25, -0.2) is 0 Å². The average Bonchev–Trinajstić information content (AvgIpc) is 2.37. The molecule has 0 heterocycles. The highest BCUT2D eigenvalue weighted by atomic mass is 32.2. The van der Waals surface area contributed by atoms with Crippen LogP contribution >= 0.6 is 0 Å². The maximum absolute atomic E-state index is 12.0. The molecule has 1 unspecified atom stereocenters. The number of aryl methyl sites for hydroxylation is 1. The molecular weight excluding hydrogens is 230 g/mol. The number of nitrogen functional groups attached to an aromatic ring is 1. The zero-order chi connectivity index (χ0) is 12.1. The first-order valence-electron chi connectivity index (χ1n) is 5.53. The molecule has 2 aromatic rings. The van der Waals surface area contributed by atoms with Crippen molar-refractivity contribution in [3.8, 4) is 0 Å². The fourth-order valence-electron chi connectivity index (χ4n) is 1.63. The molecule has 0 aliphatic carbocycles. The summed E-state index contributed by atoms with van der Waals surface area (Å²) in [7, 11) is -0.974. The summed E-state index contributed by atoms with van der Waals surface area (Å²) in [6.45, 7) is 0. The minimum absolute atomic E-state index is 0.632. The topological polar surface area (TPSA) is 43.1 Å². The Kier molecular flexibility index (Phi) is 3.94. The van der Waals surface area contributed by atoms with Crippen LogP contribution in [0.2, 0.25) is 0 Å². The van der Waals surface area contributed by atoms with Crippen molar-refractivity contribution in [2.75, 3.05) is 11.5 Å². The van der Waals surface area contributed by atoms with Crippen LogP contribution in [0.4, 0.5) is 5.69 Å². The molecule has 17 heavy (non-hydrogen) atoms. The first-order chi connectivity index (χ1) is 8.25. The lowest BCUT2D eigenvalue weighted by atomic mass is 10.2. The van der Waals surface area contributed by atoms with Gasteiger partial charge in [-0.1, -0.05) is 36.4 Å². The average molecular weight is 245 g/mol. The number of nitrogens with two attached hydrogens (primary N) is 1. The highest BCUT2D eigenvalue weighted by molar-refractivity contribution is 7.85. The van der Waals surface area contributed by atoms with Gasteiger partial charge in [0.25, 0.3) is 0 Å². The third kappa shape index (κ3) is 3.43. The normalized spacial score (nSPS) is 12.2. The Labute approximate surface area is 104 Å². The lowest BCUT2D eigenvalue weighted by molar-refractivity contribution is 0.682. The molecule has 2 nitrogen and oxygen atoms in total. The Hall–Kier alpha value is -1.61. The molecule has 0 saturated carbocycles. The Morgan fingerprint density at radius 2 is 1.76 bits per heavy atom. The maximum atomic E-state index is 12.0. The molecule has 0 fully saturated rings. The Bertz CT molecular complexity index is 511. The van der Waals surface area contributed by atoms with Crippen LogP contribution in [-0.2, 0) is 17.2 Å². The Morgan fingerprint density at radius 1 is 1.00 bits per heavy atom. The van der Waals surface area contributed by atoms with E-state index in [9.17, 15) is 4.21 Å². The zero-order valence-corrected chi connectivity index (χ0v) is 10.3. The number of benzene rings is 2. The van der Waals surface area contributed by atoms with Crippen LogP contribution < -0.4 is 5.73 Å². The van der Waals surface area contributed by atoms with Gasteiger partial charge >= 0.3 is 0 Å². The molecule has 1 atom stereocenters. The summed E-state index contributed by atoms with van der Waals surface area (Å²) < 4.78 is 12.0. The second kappa shape index (κ2) is 5.64. The molecule has 2 aromatic carbocycles. The Morgan fingerprint density at radius 3 is 2.47 bits per heavy atom. The van der Waals surface area contributed by atoms with Crippen molar-refractivity contribution in [1.29, 1.82) is 0 Å². The van der Waals surface area contributed by atoms with Gasteiger partial charge in [-0.2, -0.15) is 0 Å². The van der Waals surface area contributed by atoms with E-state index in [0.29, 0.717) is 11.4 Å². The smallest absolute Gasteiger partial charge is 0.0533 e. The summed E-state index contributed by atoms with van der Waals surface area (Å²) in [5.41, 5.74) is 7.54. The summed E-state index contributed by atoms with van der Waals surface area (Å²) in [6, 6.07) is 17.4. The summed E-state index contributed by atoms with van der Waals surface area (Å²) >= 11 is 0. The van der Waals surface area contributed by atoms with Crippen LogP contribution in [0.25, 0.3) is 0 Å². The summed E-state index contributed by atoms with van der Waals surface area (Å²) in [5, 5.41) is 0. The molecule has 88 valence electrons.